The molecule has 0 spiro atoms. The molecular weight excluding hydrogens is 1150 g/mol. The van der Waals surface area contributed by atoms with Crippen molar-refractivity contribution in [2.24, 2.45) is 5.92 Å². The number of unbranched alkanes of at least 4 members (excludes halogenated alkanes) is 40. The van der Waals surface area contributed by atoms with Gasteiger partial charge in [-0.2, -0.15) is 0 Å². The monoisotopic (exact) mass is 1280 g/mol. The number of aliphatic hydroxyl groups is 1. The summed E-state index contributed by atoms with van der Waals surface area (Å²) in [7, 11) is -9.89. The molecule has 0 saturated heterocycles. The number of carbonyl (C=O) groups excluding carboxylic acids is 4. The molecule has 0 aliphatic heterocycles. The van der Waals surface area contributed by atoms with Gasteiger partial charge in [-0.1, -0.05) is 298 Å². The summed E-state index contributed by atoms with van der Waals surface area (Å²) in [5.41, 5.74) is 0. The highest BCUT2D eigenvalue weighted by molar-refractivity contribution is 7.47. The van der Waals surface area contributed by atoms with Crippen LogP contribution >= 0.6 is 15.6 Å². The summed E-state index contributed by atoms with van der Waals surface area (Å²) in [6.07, 6.45) is 47.5. The topological polar surface area (TPSA) is 237 Å². The van der Waals surface area contributed by atoms with Crippen molar-refractivity contribution in [3.05, 3.63) is 0 Å². The highest BCUT2D eigenvalue weighted by Crippen LogP contribution is 2.45. The van der Waals surface area contributed by atoms with Crippen molar-refractivity contribution in [3.63, 3.8) is 0 Å². The van der Waals surface area contributed by atoms with Gasteiger partial charge in [-0.05, 0) is 31.6 Å². The lowest BCUT2D eigenvalue weighted by Gasteiger charge is -2.21. The van der Waals surface area contributed by atoms with Gasteiger partial charge in [0, 0.05) is 25.7 Å². The summed E-state index contributed by atoms with van der Waals surface area (Å²) in [4.78, 5) is 72.2. The molecule has 17 nitrogen and oxygen atoms in total. The zero-order valence-corrected chi connectivity index (χ0v) is 57.9. The van der Waals surface area contributed by atoms with Crippen molar-refractivity contribution in [1.29, 1.82) is 0 Å². The summed E-state index contributed by atoms with van der Waals surface area (Å²) in [6, 6.07) is 0. The van der Waals surface area contributed by atoms with Gasteiger partial charge in [0.1, 0.15) is 19.3 Å². The number of hydrogen-bond acceptors (Lipinski definition) is 15. The zero-order valence-electron chi connectivity index (χ0n) is 56.2. The Morgan fingerprint density at radius 1 is 0.310 bits per heavy atom. The van der Waals surface area contributed by atoms with E-state index < -0.39 is 97.5 Å². The summed E-state index contributed by atoms with van der Waals surface area (Å²) in [6.45, 7) is 7.14. The van der Waals surface area contributed by atoms with E-state index in [-0.39, 0.29) is 25.7 Å². The highest BCUT2D eigenvalue weighted by atomic mass is 31.2. The highest BCUT2D eigenvalue weighted by Gasteiger charge is 2.30. The standard InChI is InChI=1S/C68H132O17P2/c1-6-9-12-15-17-19-21-23-25-27-29-34-38-43-48-53-68(73)85-64(58-79-66(71)52-47-42-37-33-28-26-24-22-20-18-16-13-10-7-2)60-83-87(76,77)81-56-62(69)55-80-86(74,75)82-59-63(57-78-65(70)51-46-40-14-11-8-3)84-67(72)54-49-44-39-35-31-30-32-36-41-45-50-61(4)5/h61-64,69H,6-60H2,1-5H3,(H,74,75)(H,76,77)/t62-,63+,64+/m0/s1. The van der Waals surface area contributed by atoms with Gasteiger partial charge in [-0.15, -0.1) is 0 Å². The Bertz CT molecular complexity index is 1690. The van der Waals surface area contributed by atoms with E-state index in [2.05, 4.69) is 34.6 Å². The minimum absolute atomic E-state index is 0.105. The predicted octanol–water partition coefficient (Wildman–Crippen LogP) is 19.4. The smallest absolute Gasteiger partial charge is 0.462 e. The van der Waals surface area contributed by atoms with Gasteiger partial charge >= 0.3 is 39.5 Å². The maximum absolute atomic E-state index is 13.0. The number of ether oxygens (including phenoxy) is 4. The van der Waals surface area contributed by atoms with Gasteiger partial charge in [0.25, 0.3) is 0 Å². The number of carbonyl (C=O) groups is 4. The normalized spacial score (nSPS) is 14.1. The van der Waals surface area contributed by atoms with E-state index in [4.69, 9.17) is 37.0 Å². The molecule has 0 amide bonds. The van der Waals surface area contributed by atoms with E-state index in [1.165, 1.54) is 167 Å². The molecule has 19 heteroatoms. The van der Waals surface area contributed by atoms with Crippen molar-refractivity contribution >= 4 is 39.5 Å². The van der Waals surface area contributed by atoms with E-state index in [1.807, 2.05) is 0 Å². The van der Waals surface area contributed by atoms with Crippen LogP contribution in [0, 0.1) is 5.92 Å². The maximum Gasteiger partial charge on any atom is 0.472 e. The first-order chi connectivity index (χ1) is 42.0. The van der Waals surface area contributed by atoms with Crippen molar-refractivity contribution in [3.8, 4) is 0 Å². The quantitative estimate of drug-likeness (QED) is 0.0222. The Hall–Kier alpha value is -1.94. The van der Waals surface area contributed by atoms with Crippen molar-refractivity contribution in [2.45, 2.75) is 368 Å². The van der Waals surface area contributed by atoms with Crippen LogP contribution in [-0.2, 0) is 65.4 Å². The van der Waals surface area contributed by atoms with E-state index in [9.17, 15) is 43.2 Å². The minimum Gasteiger partial charge on any atom is -0.462 e. The fraction of sp³-hybridized carbons (Fsp3) is 0.941. The number of aliphatic hydroxyl groups excluding tert-OH is 1. The molecule has 0 aromatic carbocycles. The summed E-state index contributed by atoms with van der Waals surface area (Å²) in [5, 5.41) is 10.5. The first kappa shape index (κ1) is 85.1. The largest absolute Gasteiger partial charge is 0.472 e. The lowest BCUT2D eigenvalue weighted by atomic mass is 10.0. The third kappa shape index (κ3) is 62.6. The van der Waals surface area contributed by atoms with Gasteiger partial charge in [0.15, 0.2) is 12.2 Å². The predicted molar refractivity (Wildman–Crippen MR) is 349 cm³/mol. The average molecular weight is 1280 g/mol. The molecule has 0 aliphatic carbocycles. The van der Waals surface area contributed by atoms with E-state index in [0.29, 0.717) is 25.7 Å². The van der Waals surface area contributed by atoms with Crippen molar-refractivity contribution in [2.75, 3.05) is 39.6 Å². The van der Waals surface area contributed by atoms with Gasteiger partial charge in [0.05, 0.1) is 26.4 Å². The fourth-order valence-corrected chi connectivity index (χ4v) is 11.9. The van der Waals surface area contributed by atoms with Gasteiger partial charge < -0.3 is 33.8 Å². The number of phosphoric ester groups is 2. The molecule has 516 valence electrons. The Labute approximate surface area is 530 Å². The molecule has 0 saturated carbocycles. The third-order valence-electron chi connectivity index (χ3n) is 15.8. The second-order valence-electron chi connectivity index (χ2n) is 25.0. The van der Waals surface area contributed by atoms with E-state index >= 15 is 0 Å². The Kier molecular flexibility index (Phi) is 60.2. The van der Waals surface area contributed by atoms with Crippen LogP contribution in [0.15, 0.2) is 0 Å². The minimum atomic E-state index is -4.95. The summed E-state index contributed by atoms with van der Waals surface area (Å²) < 4.78 is 68.0. The molecule has 87 heavy (non-hydrogen) atoms. The molecule has 0 aromatic heterocycles. The Balaban J connectivity index is 5.16. The lowest BCUT2D eigenvalue weighted by Crippen LogP contribution is -2.30. The maximum atomic E-state index is 13.0. The van der Waals surface area contributed by atoms with Crippen LogP contribution in [-0.4, -0.2) is 96.7 Å². The number of phosphoric acid groups is 2. The summed E-state index contributed by atoms with van der Waals surface area (Å²) >= 11 is 0. The van der Waals surface area contributed by atoms with Crippen LogP contribution < -0.4 is 0 Å². The molecule has 0 heterocycles. The number of hydrogen-bond donors (Lipinski definition) is 3. The Morgan fingerprint density at radius 3 is 0.782 bits per heavy atom. The zero-order chi connectivity index (χ0) is 64.2. The van der Waals surface area contributed by atoms with Gasteiger partial charge in [0.2, 0.25) is 0 Å². The molecular formula is C68H132O17P2. The van der Waals surface area contributed by atoms with Crippen LogP contribution in [0.4, 0.5) is 0 Å². The number of rotatable bonds is 68. The average Bonchev–Trinajstić information content (AvgIpc) is 3.71. The third-order valence-corrected chi connectivity index (χ3v) is 17.7. The van der Waals surface area contributed by atoms with E-state index in [0.717, 1.165) is 102 Å². The second-order valence-corrected chi connectivity index (χ2v) is 27.9. The van der Waals surface area contributed by atoms with Crippen LogP contribution in [0.3, 0.4) is 0 Å². The molecule has 0 radical (unpaired) electrons. The first-order valence-electron chi connectivity index (χ1n) is 35.6. The molecule has 0 fully saturated rings. The molecule has 0 rings (SSSR count). The van der Waals surface area contributed by atoms with E-state index in [1.54, 1.807) is 0 Å². The SMILES string of the molecule is CCCCCCCCCCCCCCCCCC(=O)O[C@H](COC(=O)CCCCCCCCCCCCCCCC)COP(=O)(O)OC[C@@H](O)COP(=O)(O)OC[C@@H](COC(=O)CCCCCCC)OC(=O)CCCCCCCCCCCCC(C)C. The summed E-state index contributed by atoms with van der Waals surface area (Å²) in [5.74, 6) is -1.38. The fourth-order valence-electron chi connectivity index (χ4n) is 10.3. The Morgan fingerprint density at radius 2 is 0.529 bits per heavy atom. The molecule has 5 atom stereocenters. The van der Waals surface area contributed by atoms with Crippen molar-refractivity contribution < 1.29 is 80.2 Å². The van der Waals surface area contributed by atoms with Crippen LogP contribution in [0.5, 0.6) is 0 Å². The molecule has 3 N–H and O–H groups in total. The lowest BCUT2D eigenvalue weighted by molar-refractivity contribution is -0.161. The molecule has 0 aliphatic rings. The number of esters is 4. The van der Waals surface area contributed by atoms with Crippen LogP contribution in [0.1, 0.15) is 349 Å². The molecule has 0 bridgehead atoms. The van der Waals surface area contributed by atoms with Gasteiger partial charge in [-0.3, -0.25) is 37.3 Å². The second kappa shape index (κ2) is 61.6. The molecule has 2 unspecified atom stereocenters. The molecule has 0 aromatic rings. The van der Waals surface area contributed by atoms with Crippen molar-refractivity contribution in [1.82, 2.24) is 0 Å². The van der Waals surface area contributed by atoms with Gasteiger partial charge in [-0.25, -0.2) is 9.13 Å². The van der Waals surface area contributed by atoms with Crippen LogP contribution in [0.2, 0.25) is 0 Å². The first-order valence-corrected chi connectivity index (χ1v) is 38.6. The van der Waals surface area contributed by atoms with Crippen LogP contribution in [0.25, 0.3) is 0 Å².